The highest BCUT2D eigenvalue weighted by atomic mass is 32.2. The van der Waals surface area contributed by atoms with Crippen LogP contribution in [0.3, 0.4) is 0 Å². The summed E-state index contributed by atoms with van der Waals surface area (Å²) >= 11 is 1.41. The van der Waals surface area contributed by atoms with Crippen molar-refractivity contribution >= 4 is 29.3 Å². The maximum Gasteiger partial charge on any atom is 0.251 e. The maximum atomic E-state index is 13.1. The van der Waals surface area contributed by atoms with Crippen LogP contribution in [0.25, 0.3) is 0 Å². The Balaban J connectivity index is 1.79. The zero-order chi connectivity index (χ0) is 20.1. The number of nitrogens with one attached hydrogen (secondary N) is 2. The standard InChI is InChI=1S/C22H25FN2O2S/c1-14-5-3-4-6-19(14)25-22(27)16-7-12-21(20(13-16)24-15(2)26)28-18-10-8-17(23)9-11-18/h7-14,19H,3-6H2,1-2H3,(H,24,26)(H,25,27)/t14-,19+/m0/s1. The second kappa shape index (κ2) is 9.24. The van der Waals surface area contributed by atoms with Gasteiger partial charge in [-0.1, -0.05) is 31.5 Å². The van der Waals surface area contributed by atoms with Crippen molar-refractivity contribution in [2.75, 3.05) is 5.32 Å². The first kappa shape index (κ1) is 20.4. The number of benzene rings is 2. The summed E-state index contributed by atoms with van der Waals surface area (Å²) in [6.07, 6.45) is 4.49. The summed E-state index contributed by atoms with van der Waals surface area (Å²) < 4.78 is 13.1. The Kier molecular flexibility index (Phi) is 6.73. The molecule has 2 atom stereocenters. The molecule has 6 heteroatoms. The lowest BCUT2D eigenvalue weighted by Crippen LogP contribution is -2.41. The summed E-state index contributed by atoms with van der Waals surface area (Å²) in [4.78, 5) is 26.0. The molecule has 0 spiro atoms. The van der Waals surface area contributed by atoms with Crippen molar-refractivity contribution < 1.29 is 14.0 Å². The van der Waals surface area contributed by atoms with Crippen molar-refractivity contribution in [3.05, 3.63) is 53.8 Å². The third kappa shape index (κ3) is 5.35. The van der Waals surface area contributed by atoms with Gasteiger partial charge < -0.3 is 10.6 Å². The SMILES string of the molecule is CC(=O)Nc1cc(C(=O)N[C@@H]2CCCC[C@@H]2C)ccc1Sc1ccc(F)cc1. The molecule has 148 valence electrons. The van der Waals surface area contributed by atoms with Gasteiger partial charge in [0, 0.05) is 28.3 Å². The van der Waals surface area contributed by atoms with E-state index in [1.54, 1.807) is 24.3 Å². The number of anilines is 1. The molecule has 0 heterocycles. The molecule has 2 amide bonds. The molecule has 2 N–H and O–H groups in total. The summed E-state index contributed by atoms with van der Waals surface area (Å²) in [5.74, 6) is -0.153. The van der Waals surface area contributed by atoms with E-state index in [0.29, 0.717) is 17.2 Å². The summed E-state index contributed by atoms with van der Waals surface area (Å²) in [7, 11) is 0. The van der Waals surface area contributed by atoms with Crippen molar-refractivity contribution in [3.63, 3.8) is 0 Å². The van der Waals surface area contributed by atoms with Crippen LogP contribution in [0.2, 0.25) is 0 Å². The Morgan fingerprint density at radius 2 is 1.79 bits per heavy atom. The van der Waals surface area contributed by atoms with Gasteiger partial charge in [0.25, 0.3) is 5.91 Å². The number of carbonyl (C=O) groups excluding carboxylic acids is 2. The van der Waals surface area contributed by atoms with Crippen LogP contribution in [-0.2, 0) is 4.79 Å². The Hall–Kier alpha value is -2.34. The predicted molar refractivity (Wildman–Crippen MR) is 110 cm³/mol. The van der Waals surface area contributed by atoms with Gasteiger partial charge in [0.05, 0.1) is 5.69 Å². The van der Waals surface area contributed by atoms with Crippen molar-refractivity contribution in [1.29, 1.82) is 0 Å². The van der Waals surface area contributed by atoms with E-state index in [1.807, 2.05) is 6.07 Å². The van der Waals surface area contributed by atoms with Gasteiger partial charge in [-0.25, -0.2) is 4.39 Å². The van der Waals surface area contributed by atoms with Crippen LogP contribution >= 0.6 is 11.8 Å². The van der Waals surface area contributed by atoms with Crippen LogP contribution in [0, 0.1) is 11.7 Å². The fourth-order valence-electron chi connectivity index (χ4n) is 3.46. The number of amides is 2. The summed E-state index contributed by atoms with van der Waals surface area (Å²) in [6.45, 7) is 3.61. The number of carbonyl (C=O) groups is 2. The summed E-state index contributed by atoms with van der Waals surface area (Å²) in [6, 6.07) is 11.6. The lowest BCUT2D eigenvalue weighted by atomic mass is 9.86. The van der Waals surface area contributed by atoms with Crippen LogP contribution in [0.1, 0.15) is 49.9 Å². The third-order valence-electron chi connectivity index (χ3n) is 5.02. The smallest absolute Gasteiger partial charge is 0.251 e. The van der Waals surface area contributed by atoms with E-state index >= 15 is 0 Å². The second-order valence-corrected chi connectivity index (χ2v) is 8.41. The fourth-order valence-corrected chi connectivity index (χ4v) is 4.34. The van der Waals surface area contributed by atoms with Gasteiger partial charge >= 0.3 is 0 Å². The molecule has 0 aromatic heterocycles. The number of hydrogen-bond acceptors (Lipinski definition) is 3. The minimum atomic E-state index is -0.296. The van der Waals surface area contributed by atoms with Gasteiger partial charge in [0.1, 0.15) is 5.82 Å². The lowest BCUT2D eigenvalue weighted by molar-refractivity contribution is -0.114. The topological polar surface area (TPSA) is 58.2 Å². The number of hydrogen-bond donors (Lipinski definition) is 2. The van der Waals surface area contributed by atoms with Crippen molar-refractivity contribution in [1.82, 2.24) is 5.32 Å². The van der Waals surface area contributed by atoms with Gasteiger partial charge in [-0.3, -0.25) is 9.59 Å². The molecule has 28 heavy (non-hydrogen) atoms. The molecule has 0 radical (unpaired) electrons. The average molecular weight is 401 g/mol. The quantitative estimate of drug-likeness (QED) is 0.721. The molecular weight excluding hydrogens is 375 g/mol. The molecule has 0 unspecified atom stereocenters. The Morgan fingerprint density at radius 1 is 1.07 bits per heavy atom. The van der Waals surface area contributed by atoms with E-state index in [-0.39, 0.29) is 23.7 Å². The number of rotatable bonds is 5. The summed E-state index contributed by atoms with van der Waals surface area (Å²) in [5.41, 5.74) is 1.09. The van der Waals surface area contributed by atoms with Crippen LogP contribution in [0.15, 0.2) is 52.3 Å². The minimum absolute atomic E-state index is 0.122. The lowest BCUT2D eigenvalue weighted by Gasteiger charge is -2.29. The molecule has 1 aliphatic carbocycles. The molecule has 1 aliphatic rings. The predicted octanol–water partition coefficient (Wildman–Crippen LogP) is 5.24. The zero-order valence-corrected chi connectivity index (χ0v) is 16.9. The largest absolute Gasteiger partial charge is 0.349 e. The van der Waals surface area contributed by atoms with Gasteiger partial charge in [-0.2, -0.15) is 0 Å². The molecule has 2 aromatic carbocycles. The fraction of sp³-hybridized carbons (Fsp3) is 0.364. The zero-order valence-electron chi connectivity index (χ0n) is 16.1. The number of halogens is 1. The Morgan fingerprint density at radius 3 is 2.46 bits per heavy atom. The van der Waals surface area contributed by atoms with Crippen LogP contribution in [-0.4, -0.2) is 17.9 Å². The van der Waals surface area contributed by atoms with Crippen molar-refractivity contribution in [2.45, 2.75) is 55.4 Å². The van der Waals surface area contributed by atoms with E-state index in [4.69, 9.17) is 0 Å². The van der Waals surface area contributed by atoms with Gasteiger partial charge in [0.15, 0.2) is 0 Å². The van der Waals surface area contributed by atoms with Gasteiger partial charge in [-0.15, -0.1) is 0 Å². The van der Waals surface area contributed by atoms with Gasteiger partial charge in [-0.05, 0) is 61.2 Å². The van der Waals surface area contributed by atoms with Crippen LogP contribution < -0.4 is 10.6 Å². The maximum absolute atomic E-state index is 13.1. The average Bonchev–Trinajstić information content (AvgIpc) is 2.66. The van der Waals surface area contributed by atoms with Gasteiger partial charge in [0.2, 0.25) is 5.91 Å². The van der Waals surface area contributed by atoms with E-state index in [9.17, 15) is 14.0 Å². The molecule has 1 fully saturated rings. The molecule has 4 nitrogen and oxygen atoms in total. The molecule has 2 aromatic rings. The monoisotopic (exact) mass is 400 g/mol. The van der Waals surface area contributed by atoms with Crippen LogP contribution in [0.5, 0.6) is 0 Å². The molecule has 1 saturated carbocycles. The summed E-state index contributed by atoms with van der Waals surface area (Å²) in [5, 5.41) is 5.94. The minimum Gasteiger partial charge on any atom is -0.349 e. The third-order valence-corrected chi connectivity index (χ3v) is 6.11. The van der Waals surface area contributed by atoms with Crippen LogP contribution in [0.4, 0.5) is 10.1 Å². The Bertz CT molecular complexity index is 854. The molecular formula is C22H25FN2O2S. The first-order chi connectivity index (χ1) is 13.4. The van der Waals surface area contributed by atoms with E-state index < -0.39 is 0 Å². The first-order valence-electron chi connectivity index (χ1n) is 9.58. The highest BCUT2D eigenvalue weighted by molar-refractivity contribution is 7.99. The molecule has 0 saturated heterocycles. The van der Waals surface area contributed by atoms with E-state index in [1.165, 1.54) is 37.2 Å². The normalized spacial score (nSPS) is 19.1. The molecule has 0 bridgehead atoms. The van der Waals surface area contributed by atoms with Crippen molar-refractivity contribution in [2.24, 2.45) is 5.92 Å². The highest BCUT2D eigenvalue weighted by Crippen LogP contribution is 2.34. The second-order valence-electron chi connectivity index (χ2n) is 7.29. The first-order valence-corrected chi connectivity index (χ1v) is 10.4. The van der Waals surface area contributed by atoms with Crippen molar-refractivity contribution in [3.8, 4) is 0 Å². The molecule has 0 aliphatic heterocycles. The molecule has 3 rings (SSSR count). The van der Waals surface area contributed by atoms with E-state index in [0.717, 1.165) is 29.1 Å². The highest BCUT2D eigenvalue weighted by Gasteiger charge is 2.23. The Labute approximate surface area is 169 Å². The van der Waals surface area contributed by atoms with E-state index in [2.05, 4.69) is 17.6 Å².